The number of nitrogens with one attached hydrogen (secondary N) is 1. The summed E-state index contributed by atoms with van der Waals surface area (Å²) in [7, 11) is 0. The molecule has 2 aromatic rings. The van der Waals surface area contributed by atoms with Crippen molar-refractivity contribution in [3.05, 3.63) is 69.5 Å². The molecule has 0 spiro atoms. The van der Waals surface area contributed by atoms with Gasteiger partial charge in [-0.1, -0.05) is 29.3 Å². The molecule has 0 aliphatic rings. The van der Waals surface area contributed by atoms with Crippen molar-refractivity contribution in [3.8, 4) is 0 Å². The number of rotatable bonds is 7. The summed E-state index contributed by atoms with van der Waals surface area (Å²) < 4.78 is 12.9. The van der Waals surface area contributed by atoms with Gasteiger partial charge in [-0.15, -0.1) is 0 Å². The monoisotopic (exact) mass is 396 g/mol. The van der Waals surface area contributed by atoms with Crippen molar-refractivity contribution in [2.45, 2.75) is 13.3 Å². The van der Waals surface area contributed by atoms with E-state index in [-0.39, 0.29) is 11.8 Å². The van der Waals surface area contributed by atoms with E-state index in [1.165, 1.54) is 31.2 Å². The summed E-state index contributed by atoms with van der Waals surface area (Å²) in [5.41, 5.74) is 1.27. The third-order valence-corrected chi connectivity index (χ3v) is 4.47. The molecule has 0 aliphatic carbocycles. The number of carbonyl (C=O) groups excluding carboxylic acids is 2. The molecule has 2 rings (SSSR count). The van der Waals surface area contributed by atoms with Crippen LogP contribution in [0.5, 0.6) is 0 Å². The second-order valence-electron chi connectivity index (χ2n) is 5.75. The van der Waals surface area contributed by atoms with Crippen LogP contribution < -0.4 is 5.32 Å². The van der Waals surface area contributed by atoms with Gasteiger partial charge in [0.15, 0.2) is 0 Å². The Kier molecular flexibility index (Phi) is 7.42. The van der Waals surface area contributed by atoms with Crippen molar-refractivity contribution in [3.63, 3.8) is 0 Å². The lowest BCUT2D eigenvalue weighted by Crippen LogP contribution is -2.38. The van der Waals surface area contributed by atoms with Crippen molar-refractivity contribution in [1.82, 2.24) is 10.2 Å². The lowest BCUT2D eigenvalue weighted by molar-refractivity contribution is -0.128. The molecule has 2 amide bonds. The molecule has 2 aromatic carbocycles. The van der Waals surface area contributed by atoms with E-state index in [0.717, 1.165) is 5.56 Å². The van der Waals surface area contributed by atoms with Gasteiger partial charge in [-0.2, -0.15) is 0 Å². The topological polar surface area (TPSA) is 49.4 Å². The van der Waals surface area contributed by atoms with Crippen LogP contribution in [0.2, 0.25) is 10.0 Å². The van der Waals surface area contributed by atoms with Gasteiger partial charge in [0, 0.05) is 42.2 Å². The average molecular weight is 397 g/mol. The fraction of sp³-hybridized carbons (Fsp3) is 0.263. The second-order valence-corrected chi connectivity index (χ2v) is 6.60. The van der Waals surface area contributed by atoms with Crippen LogP contribution in [0.3, 0.4) is 0 Å². The fourth-order valence-corrected chi connectivity index (χ4v) is 2.92. The largest absolute Gasteiger partial charge is 0.350 e. The number of nitrogens with zero attached hydrogens (tertiary/aromatic N) is 1. The number of hydrogen-bond donors (Lipinski definition) is 1. The van der Waals surface area contributed by atoms with Gasteiger partial charge in [-0.3, -0.25) is 9.59 Å². The van der Waals surface area contributed by atoms with Crippen molar-refractivity contribution < 1.29 is 14.0 Å². The lowest BCUT2D eigenvalue weighted by atomic mass is 10.1. The maximum atomic E-state index is 12.9. The van der Waals surface area contributed by atoms with E-state index in [2.05, 4.69) is 5.32 Å². The zero-order valence-electron chi connectivity index (χ0n) is 14.3. The molecule has 1 N–H and O–H groups in total. The zero-order chi connectivity index (χ0) is 19.1. The predicted octanol–water partition coefficient (Wildman–Crippen LogP) is 3.95. The molecule has 0 radical (unpaired) electrons. The van der Waals surface area contributed by atoms with E-state index in [1.54, 1.807) is 17.0 Å². The van der Waals surface area contributed by atoms with E-state index in [0.29, 0.717) is 41.7 Å². The molecule has 138 valence electrons. The van der Waals surface area contributed by atoms with Gasteiger partial charge in [-0.25, -0.2) is 4.39 Å². The molecule has 0 bridgehead atoms. The predicted molar refractivity (Wildman–Crippen MR) is 101 cm³/mol. The quantitative estimate of drug-likeness (QED) is 0.769. The van der Waals surface area contributed by atoms with Crippen LogP contribution >= 0.6 is 23.2 Å². The summed E-state index contributed by atoms with van der Waals surface area (Å²) in [6, 6.07) is 10.5. The highest BCUT2D eigenvalue weighted by Gasteiger charge is 2.11. The molecule has 0 fully saturated rings. The molecule has 0 atom stereocenters. The first-order valence-corrected chi connectivity index (χ1v) is 8.85. The van der Waals surface area contributed by atoms with Crippen LogP contribution in [-0.4, -0.2) is 36.3 Å². The Morgan fingerprint density at radius 3 is 2.38 bits per heavy atom. The second kappa shape index (κ2) is 9.55. The number of amides is 2. The van der Waals surface area contributed by atoms with E-state index in [4.69, 9.17) is 23.2 Å². The smallest absolute Gasteiger partial charge is 0.251 e. The third kappa shape index (κ3) is 6.00. The van der Waals surface area contributed by atoms with Crippen molar-refractivity contribution in [2.24, 2.45) is 0 Å². The van der Waals surface area contributed by atoms with Gasteiger partial charge < -0.3 is 10.2 Å². The zero-order valence-corrected chi connectivity index (χ0v) is 15.8. The first-order chi connectivity index (χ1) is 12.4. The minimum atomic E-state index is -0.398. The fourth-order valence-electron chi connectivity index (χ4n) is 2.41. The highest BCUT2D eigenvalue weighted by atomic mass is 35.5. The van der Waals surface area contributed by atoms with Crippen LogP contribution in [0, 0.1) is 5.82 Å². The number of halogens is 3. The van der Waals surface area contributed by atoms with Crippen LogP contribution in [-0.2, 0) is 11.2 Å². The molecule has 0 saturated heterocycles. The van der Waals surface area contributed by atoms with E-state index in [1.807, 2.05) is 6.07 Å². The first-order valence-electron chi connectivity index (χ1n) is 8.10. The van der Waals surface area contributed by atoms with Gasteiger partial charge in [0.1, 0.15) is 5.82 Å². The minimum absolute atomic E-state index is 0.0916. The van der Waals surface area contributed by atoms with Crippen molar-refractivity contribution in [2.75, 3.05) is 19.6 Å². The Hall–Kier alpha value is -2.11. The molecule has 0 saturated carbocycles. The van der Waals surface area contributed by atoms with Gasteiger partial charge >= 0.3 is 0 Å². The summed E-state index contributed by atoms with van der Waals surface area (Å²) in [6.45, 7) is 2.62. The van der Waals surface area contributed by atoms with Gasteiger partial charge in [0.2, 0.25) is 5.91 Å². The SMILES string of the molecule is CC(=O)N(CCNC(=O)c1ccc(F)cc1)CCc1ccc(Cl)cc1Cl. The number of benzene rings is 2. The van der Waals surface area contributed by atoms with Gasteiger partial charge in [0.05, 0.1) is 0 Å². The summed E-state index contributed by atoms with van der Waals surface area (Å²) in [5.74, 6) is -0.800. The van der Waals surface area contributed by atoms with Crippen molar-refractivity contribution in [1.29, 1.82) is 0 Å². The van der Waals surface area contributed by atoms with E-state index >= 15 is 0 Å². The number of hydrogen-bond acceptors (Lipinski definition) is 2. The average Bonchev–Trinajstić information content (AvgIpc) is 2.59. The number of carbonyl (C=O) groups is 2. The Labute approximate surface area is 161 Å². The Morgan fingerprint density at radius 2 is 1.77 bits per heavy atom. The minimum Gasteiger partial charge on any atom is -0.350 e. The molecular weight excluding hydrogens is 378 g/mol. The summed E-state index contributed by atoms with van der Waals surface area (Å²) in [5, 5.41) is 3.84. The van der Waals surface area contributed by atoms with Gasteiger partial charge in [-0.05, 0) is 48.4 Å². The van der Waals surface area contributed by atoms with Crippen molar-refractivity contribution >= 4 is 35.0 Å². The summed E-state index contributed by atoms with van der Waals surface area (Å²) >= 11 is 12.0. The summed E-state index contributed by atoms with van der Waals surface area (Å²) in [6.07, 6.45) is 0.585. The highest BCUT2D eigenvalue weighted by molar-refractivity contribution is 6.35. The summed E-state index contributed by atoms with van der Waals surface area (Å²) in [4.78, 5) is 25.4. The van der Waals surface area contributed by atoms with Crippen LogP contribution in [0.1, 0.15) is 22.8 Å². The maximum Gasteiger partial charge on any atom is 0.251 e. The van der Waals surface area contributed by atoms with Crippen LogP contribution in [0.15, 0.2) is 42.5 Å². The third-order valence-electron chi connectivity index (χ3n) is 3.89. The van der Waals surface area contributed by atoms with Gasteiger partial charge in [0.25, 0.3) is 5.91 Å². The molecule has 0 aromatic heterocycles. The Morgan fingerprint density at radius 1 is 1.08 bits per heavy atom. The normalized spacial score (nSPS) is 10.5. The van der Waals surface area contributed by atoms with Crippen LogP contribution in [0.4, 0.5) is 4.39 Å². The standard InChI is InChI=1S/C19H19Cl2FN2O2/c1-13(25)24(10-8-14-2-5-16(20)12-18(14)21)11-9-23-19(26)15-3-6-17(22)7-4-15/h2-7,12H,8-11H2,1H3,(H,23,26). The lowest BCUT2D eigenvalue weighted by Gasteiger charge is -2.21. The molecule has 0 aliphatic heterocycles. The molecule has 26 heavy (non-hydrogen) atoms. The molecule has 4 nitrogen and oxygen atoms in total. The molecule has 0 heterocycles. The Bertz CT molecular complexity index is 782. The highest BCUT2D eigenvalue weighted by Crippen LogP contribution is 2.21. The Balaban J connectivity index is 1.85. The maximum absolute atomic E-state index is 12.9. The molecule has 0 unspecified atom stereocenters. The first kappa shape index (κ1) is 20.2. The molecular formula is C19H19Cl2FN2O2. The van der Waals surface area contributed by atoms with E-state index in [9.17, 15) is 14.0 Å². The van der Waals surface area contributed by atoms with Crippen LogP contribution in [0.25, 0.3) is 0 Å². The van der Waals surface area contributed by atoms with E-state index < -0.39 is 5.82 Å². The molecule has 7 heteroatoms.